The van der Waals surface area contributed by atoms with Gasteiger partial charge < -0.3 is 10.0 Å². The summed E-state index contributed by atoms with van der Waals surface area (Å²) in [6, 6.07) is 9.19. The van der Waals surface area contributed by atoms with E-state index in [9.17, 15) is 14.7 Å². The van der Waals surface area contributed by atoms with E-state index in [1.165, 1.54) is 0 Å². The molecular weight excluding hydrogens is 318 g/mol. The van der Waals surface area contributed by atoms with Crippen LogP contribution in [-0.2, 0) is 16.8 Å². The summed E-state index contributed by atoms with van der Waals surface area (Å²) in [6.07, 6.45) is 0.415. The molecule has 0 aliphatic carbocycles. The Hall–Kier alpha value is -2.63. The monoisotopic (exact) mass is 341 g/mol. The molecule has 1 aromatic carbocycles. The van der Waals surface area contributed by atoms with E-state index >= 15 is 0 Å². The number of nitrogens with zero attached hydrogens (tertiary/aromatic N) is 3. The van der Waals surface area contributed by atoms with Gasteiger partial charge in [-0.05, 0) is 32.8 Å². The lowest BCUT2D eigenvalue weighted by atomic mass is 9.80. The van der Waals surface area contributed by atoms with Crippen LogP contribution in [0.15, 0.2) is 30.3 Å². The molecule has 1 aliphatic heterocycles. The minimum Gasteiger partial charge on any atom is -0.481 e. The fraction of sp³-hybridized carbons (Fsp3) is 0.421. The standard InChI is InChI=1S/C19H23N3O3/c1-4-22-14(3)16(13(2)20-22)17(23)21-11-10-19(12-21,18(24)25)15-8-6-5-7-9-15/h5-9H,4,10-12H2,1-3H3,(H,24,25). The minimum atomic E-state index is -1.04. The number of hydrogen-bond donors (Lipinski definition) is 1. The summed E-state index contributed by atoms with van der Waals surface area (Å²) < 4.78 is 1.81. The van der Waals surface area contributed by atoms with Crippen molar-refractivity contribution in [2.75, 3.05) is 13.1 Å². The van der Waals surface area contributed by atoms with Crippen LogP contribution in [-0.4, -0.2) is 44.8 Å². The van der Waals surface area contributed by atoms with Crippen molar-refractivity contribution in [1.29, 1.82) is 0 Å². The average molecular weight is 341 g/mol. The third-order valence-electron chi connectivity index (χ3n) is 5.19. The second kappa shape index (κ2) is 6.35. The van der Waals surface area contributed by atoms with Crippen LogP contribution in [0.2, 0.25) is 0 Å². The lowest BCUT2D eigenvalue weighted by Crippen LogP contribution is -2.40. The predicted octanol–water partition coefficient (Wildman–Crippen LogP) is 2.39. The van der Waals surface area contributed by atoms with Crippen LogP contribution < -0.4 is 0 Å². The van der Waals surface area contributed by atoms with Gasteiger partial charge in [0.1, 0.15) is 5.41 Å². The third kappa shape index (κ3) is 2.71. The van der Waals surface area contributed by atoms with Crippen molar-refractivity contribution < 1.29 is 14.7 Å². The van der Waals surface area contributed by atoms with Crippen LogP contribution in [0, 0.1) is 13.8 Å². The summed E-state index contributed by atoms with van der Waals surface area (Å²) in [5.74, 6) is -1.01. The highest BCUT2D eigenvalue weighted by Gasteiger charge is 2.48. The Morgan fingerprint density at radius 3 is 2.48 bits per heavy atom. The van der Waals surface area contributed by atoms with Crippen LogP contribution in [0.3, 0.4) is 0 Å². The van der Waals surface area contributed by atoms with Crippen LogP contribution >= 0.6 is 0 Å². The van der Waals surface area contributed by atoms with Gasteiger partial charge in [-0.1, -0.05) is 30.3 Å². The first kappa shape index (κ1) is 17.2. The molecule has 1 atom stereocenters. The van der Waals surface area contributed by atoms with Gasteiger partial charge in [0.25, 0.3) is 5.91 Å². The first-order valence-electron chi connectivity index (χ1n) is 8.53. The summed E-state index contributed by atoms with van der Waals surface area (Å²) in [7, 11) is 0. The maximum atomic E-state index is 13.0. The summed E-state index contributed by atoms with van der Waals surface area (Å²) in [5, 5.41) is 14.3. The molecule has 2 heterocycles. The van der Waals surface area contributed by atoms with Crippen molar-refractivity contribution in [2.24, 2.45) is 0 Å². The molecule has 25 heavy (non-hydrogen) atoms. The van der Waals surface area contributed by atoms with E-state index in [0.29, 0.717) is 30.8 Å². The van der Waals surface area contributed by atoms with Crippen molar-refractivity contribution in [3.05, 3.63) is 52.8 Å². The van der Waals surface area contributed by atoms with E-state index < -0.39 is 11.4 Å². The molecule has 6 nitrogen and oxygen atoms in total. The van der Waals surface area contributed by atoms with Crippen LogP contribution in [0.1, 0.15) is 40.7 Å². The highest BCUT2D eigenvalue weighted by atomic mass is 16.4. The van der Waals surface area contributed by atoms with Crippen LogP contribution in [0.25, 0.3) is 0 Å². The predicted molar refractivity (Wildman–Crippen MR) is 93.7 cm³/mol. The van der Waals surface area contributed by atoms with E-state index in [1.54, 1.807) is 9.58 Å². The molecule has 1 unspecified atom stereocenters. The number of benzene rings is 1. The number of amides is 1. The zero-order valence-electron chi connectivity index (χ0n) is 14.8. The van der Waals surface area contributed by atoms with Gasteiger partial charge in [-0.15, -0.1) is 0 Å². The lowest BCUT2D eigenvalue weighted by Gasteiger charge is -2.25. The molecular formula is C19H23N3O3. The first-order chi connectivity index (χ1) is 11.9. The zero-order valence-corrected chi connectivity index (χ0v) is 14.8. The second-order valence-corrected chi connectivity index (χ2v) is 6.59. The van der Waals surface area contributed by atoms with Crippen molar-refractivity contribution in [3.8, 4) is 0 Å². The maximum Gasteiger partial charge on any atom is 0.316 e. The fourth-order valence-corrected chi connectivity index (χ4v) is 3.75. The molecule has 1 amide bonds. The number of carbonyl (C=O) groups is 2. The molecule has 0 bridgehead atoms. The summed E-state index contributed by atoms with van der Waals surface area (Å²) in [6.45, 7) is 6.99. The van der Waals surface area contributed by atoms with Gasteiger partial charge >= 0.3 is 5.97 Å². The van der Waals surface area contributed by atoms with E-state index in [1.807, 2.05) is 51.1 Å². The Morgan fingerprint density at radius 1 is 1.24 bits per heavy atom. The molecule has 6 heteroatoms. The smallest absolute Gasteiger partial charge is 0.316 e. The fourth-order valence-electron chi connectivity index (χ4n) is 3.75. The maximum absolute atomic E-state index is 13.0. The molecule has 0 saturated carbocycles. The van der Waals surface area contributed by atoms with Crippen LogP contribution in [0.5, 0.6) is 0 Å². The largest absolute Gasteiger partial charge is 0.481 e. The first-order valence-corrected chi connectivity index (χ1v) is 8.53. The molecule has 132 valence electrons. The van der Waals surface area contributed by atoms with E-state index in [0.717, 1.165) is 11.3 Å². The minimum absolute atomic E-state index is 0.131. The van der Waals surface area contributed by atoms with Gasteiger partial charge in [-0.2, -0.15) is 5.10 Å². The second-order valence-electron chi connectivity index (χ2n) is 6.59. The van der Waals surface area contributed by atoms with Gasteiger partial charge in [0.15, 0.2) is 0 Å². The highest BCUT2D eigenvalue weighted by molar-refractivity contribution is 5.97. The molecule has 1 fully saturated rings. The number of carbonyl (C=O) groups excluding carboxylic acids is 1. The molecule has 3 rings (SSSR count). The molecule has 0 spiro atoms. The number of aryl methyl sites for hydroxylation is 2. The molecule has 1 saturated heterocycles. The molecule has 1 aliphatic rings. The summed E-state index contributed by atoms with van der Waals surface area (Å²) in [5.41, 5.74) is 1.82. The topological polar surface area (TPSA) is 75.4 Å². The summed E-state index contributed by atoms with van der Waals surface area (Å²) in [4.78, 5) is 26.7. The molecule has 0 radical (unpaired) electrons. The number of hydrogen-bond acceptors (Lipinski definition) is 3. The van der Waals surface area contributed by atoms with Crippen molar-refractivity contribution in [2.45, 2.75) is 39.2 Å². The van der Waals surface area contributed by atoms with Crippen molar-refractivity contribution in [1.82, 2.24) is 14.7 Å². The number of aliphatic carboxylic acids is 1. The van der Waals surface area contributed by atoms with E-state index in [4.69, 9.17) is 0 Å². The van der Waals surface area contributed by atoms with Crippen molar-refractivity contribution >= 4 is 11.9 Å². The molecule has 1 N–H and O–H groups in total. The number of carboxylic acids is 1. The van der Waals surface area contributed by atoms with E-state index in [-0.39, 0.29) is 12.5 Å². The number of aromatic nitrogens is 2. The van der Waals surface area contributed by atoms with E-state index in [2.05, 4.69) is 5.10 Å². The third-order valence-corrected chi connectivity index (χ3v) is 5.19. The normalized spacial score (nSPS) is 20.0. The lowest BCUT2D eigenvalue weighted by molar-refractivity contribution is -0.143. The van der Waals surface area contributed by atoms with Gasteiger partial charge in [-0.3, -0.25) is 14.3 Å². The van der Waals surface area contributed by atoms with Gasteiger partial charge in [0.05, 0.1) is 11.3 Å². The zero-order chi connectivity index (χ0) is 18.2. The number of rotatable bonds is 4. The Morgan fingerprint density at radius 2 is 1.92 bits per heavy atom. The highest BCUT2D eigenvalue weighted by Crippen LogP contribution is 2.36. The van der Waals surface area contributed by atoms with Gasteiger partial charge in [-0.25, -0.2) is 0 Å². The Balaban J connectivity index is 1.93. The summed E-state index contributed by atoms with van der Waals surface area (Å²) >= 11 is 0. The SMILES string of the molecule is CCn1nc(C)c(C(=O)N2CCC(C(=O)O)(c3ccccc3)C2)c1C. The number of likely N-dealkylation sites (tertiary alicyclic amines) is 1. The van der Waals surface area contributed by atoms with Gasteiger partial charge in [0.2, 0.25) is 0 Å². The quantitative estimate of drug-likeness (QED) is 0.926. The van der Waals surface area contributed by atoms with Crippen LogP contribution in [0.4, 0.5) is 0 Å². The molecule has 1 aromatic heterocycles. The Labute approximate surface area is 147 Å². The van der Waals surface area contributed by atoms with Crippen molar-refractivity contribution in [3.63, 3.8) is 0 Å². The van der Waals surface area contributed by atoms with Gasteiger partial charge in [0, 0.05) is 25.3 Å². The Bertz CT molecular complexity index is 813. The number of carboxylic acid groups (broad SMARTS) is 1. The molecule has 2 aromatic rings. The Kier molecular flexibility index (Phi) is 4.37. The average Bonchev–Trinajstić information content (AvgIpc) is 3.18.